The third-order valence-electron chi connectivity index (χ3n) is 3.20. The summed E-state index contributed by atoms with van der Waals surface area (Å²) in [6, 6.07) is 8.10. The molecule has 0 fully saturated rings. The van der Waals surface area contributed by atoms with Gasteiger partial charge in [0.2, 0.25) is 6.41 Å². The lowest BCUT2D eigenvalue weighted by molar-refractivity contribution is -0.109. The Kier molecular flexibility index (Phi) is 8.24. The molecule has 2 aromatic rings. The van der Waals surface area contributed by atoms with Crippen molar-refractivity contribution in [1.82, 2.24) is 10.4 Å². The fraction of sp³-hybridized carbons (Fsp3) is 0.250. The number of aromatic nitrogens is 1. The largest absolute Gasteiger partial charge is 0.487 e. The third-order valence-corrected chi connectivity index (χ3v) is 3.20. The molecule has 9 heteroatoms. The Morgan fingerprint density at radius 2 is 2.04 bits per heavy atom. The summed E-state index contributed by atoms with van der Waals surface area (Å²) in [6.45, 7) is 1.80. The molecule has 0 unspecified atom stereocenters. The number of hydrazine groups is 2. The van der Waals surface area contributed by atoms with Gasteiger partial charge < -0.3 is 9.75 Å². The predicted molar refractivity (Wildman–Crippen MR) is 90.7 cm³/mol. The van der Waals surface area contributed by atoms with Crippen molar-refractivity contribution in [2.24, 2.45) is 11.7 Å². The summed E-state index contributed by atoms with van der Waals surface area (Å²) in [5.74, 6) is 10.7. The number of anilines is 1. The molecule has 5 N–H and O–H groups in total. The van der Waals surface area contributed by atoms with Crippen LogP contribution in [0.5, 0.6) is 5.75 Å². The van der Waals surface area contributed by atoms with E-state index >= 15 is 0 Å². The van der Waals surface area contributed by atoms with Gasteiger partial charge in [0, 0.05) is 24.4 Å². The minimum absolute atomic E-state index is 0.00389. The minimum Gasteiger partial charge on any atom is -0.487 e. The Morgan fingerprint density at radius 1 is 1.36 bits per heavy atom. The molecule has 0 bridgehead atoms. The fourth-order valence-corrected chi connectivity index (χ4v) is 2.06. The topological polar surface area (TPSA) is 106 Å². The van der Waals surface area contributed by atoms with Crippen LogP contribution in [0.3, 0.4) is 0 Å². The van der Waals surface area contributed by atoms with Crippen LogP contribution in [-0.4, -0.2) is 18.4 Å². The monoisotopic (exact) mass is 353 g/mol. The van der Waals surface area contributed by atoms with Crippen LogP contribution in [0.15, 0.2) is 36.5 Å². The van der Waals surface area contributed by atoms with E-state index in [9.17, 15) is 8.78 Å². The minimum atomic E-state index is -2.58. The highest BCUT2D eigenvalue weighted by Crippen LogP contribution is 2.30. The molecule has 0 radical (unpaired) electrons. The second-order valence-electron chi connectivity index (χ2n) is 4.92. The number of amides is 1. The Bertz CT molecular complexity index is 657. The normalized spacial score (nSPS) is 9.88. The average Bonchev–Trinajstić information content (AvgIpc) is 2.60. The van der Waals surface area contributed by atoms with E-state index in [4.69, 9.17) is 15.4 Å². The first-order valence-electron chi connectivity index (χ1n) is 7.24. The summed E-state index contributed by atoms with van der Waals surface area (Å²) in [5.41, 5.74) is 3.26. The average molecular weight is 353 g/mol. The van der Waals surface area contributed by atoms with Gasteiger partial charge in [-0.25, -0.2) is 20.5 Å². The number of pyridine rings is 1. The van der Waals surface area contributed by atoms with Crippen molar-refractivity contribution in [2.75, 3.05) is 12.1 Å². The standard InChI is InChI=1S/C15H17F2N3O.CH4N2O/c1-10-14(7-4-8-19-10)21-9-12-11(15(16)17)5-3-6-13(12)20(2)18;2-3-1-4/h3-8,15H,9,18H2,1-2H3;1H,2H2,(H,3,4). The summed E-state index contributed by atoms with van der Waals surface area (Å²) in [5, 5.41) is 1.31. The van der Waals surface area contributed by atoms with E-state index in [0.717, 1.165) is 0 Å². The van der Waals surface area contributed by atoms with Crippen molar-refractivity contribution in [2.45, 2.75) is 20.0 Å². The van der Waals surface area contributed by atoms with Gasteiger partial charge in [-0.3, -0.25) is 15.2 Å². The summed E-state index contributed by atoms with van der Waals surface area (Å²) in [7, 11) is 1.60. The Labute approximate surface area is 144 Å². The molecule has 0 aliphatic rings. The third kappa shape index (κ3) is 5.98. The number of hydrogen-bond donors (Lipinski definition) is 3. The van der Waals surface area contributed by atoms with Crippen LogP contribution >= 0.6 is 0 Å². The van der Waals surface area contributed by atoms with Gasteiger partial charge in [-0.1, -0.05) is 12.1 Å². The van der Waals surface area contributed by atoms with Gasteiger partial charge >= 0.3 is 0 Å². The first kappa shape index (κ1) is 20.3. The van der Waals surface area contributed by atoms with Gasteiger partial charge in [-0.15, -0.1) is 0 Å². The zero-order valence-electron chi connectivity index (χ0n) is 13.9. The number of carbonyl (C=O) groups excluding carboxylic acids is 1. The van der Waals surface area contributed by atoms with E-state index in [1.165, 1.54) is 11.1 Å². The number of nitrogens with zero attached hydrogens (tertiary/aromatic N) is 2. The number of carbonyl (C=O) groups is 1. The first-order chi connectivity index (χ1) is 11.9. The number of halogens is 2. The van der Waals surface area contributed by atoms with Crippen molar-refractivity contribution < 1.29 is 18.3 Å². The summed E-state index contributed by atoms with van der Waals surface area (Å²) in [6.07, 6.45) is -0.535. The van der Waals surface area contributed by atoms with E-state index < -0.39 is 6.43 Å². The number of rotatable bonds is 6. The lowest BCUT2D eigenvalue weighted by Gasteiger charge is -2.20. The molecule has 0 saturated carbocycles. The van der Waals surface area contributed by atoms with Crippen molar-refractivity contribution >= 4 is 12.1 Å². The highest BCUT2D eigenvalue weighted by atomic mass is 19.3. The van der Waals surface area contributed by atoms with E-state index in [1.807, 2.05) is 0 Å². The number of nitrogens with two attached hydrogens (primary N) is 2. The quantitative estimate of drug-likeness (QED) is 0.317. The summed E-state index contributed by atoms with van der Waals surface area (Å²) >= 11 is 0. The highest BCUT2D eigenvalue weighted by molar-refractivity contribution is 5.55. The van der Waals surface area contributed by atoms with Gasteiger partial charge in [-0.05, 0) is 25.1 Å². The molecule has 1 aromatic carbocycles. The number of alkyl halides is 2. The van der Waals surface area contributed by atoms with Gasteiger partial charge in [0.1, 0.15) is 12.4 Å². The number of aryl methyl sites for hydroxylation is 1. The van der Waals surface area contributed by atoms with Crippen molar-refractivity contribution in [3.8, 4) is 5.75 Å². The highest BCUT2D eigenvalue weighted by Gasteiger charge is 2.18. The molecule has 0 atom stereocenters. The number of hydrogen-bond acceptors (Lipinski definition) is 6. The van der Waals surface area contributed by atoms with Crippen molar-refractivity contribution in [3.05, 3.63) is 53.3 Å². The SMILES string of the molecule is Cc1ncccc1OCc1c(C(F)F)cccc1N(C)N.NNC=O. The van der Waals surface area contributed by atoms with Crippen molar-refractivity contribution in [3.63, 3.8) is 0 Å². The zero-order chi connectivity index (χ0) is 18.8. The van der Waals surface area contributed by atoms with Crippen LogP contribution in [0.1, 0.15) is 23.2 Å². The maximum atomic E-state index is 13.1. The molecule has 1 aromatic heterocycles. The fourth-order valence-electron chi connectivity index (χ4n) is 2.06. The second-order valence-corrected chi connectivity index (χ2v) is 4.92. The zero-order valence-corrected chi connectivity index (χ0v) is 13.9. The van der Waals surface area contributed by atoms with Gasteiger partial charge in [0.05, 0.1) is 11.4 Å². The van der Waals surface area contributed by atoms with Crippen molar-refractivity contribution in [1.29, 1.82) is 0 Å². The van der Waals surface area contributed by atoms with Gasteiger partial charge in [0.15, 0.2) is 0 Å². The van der Waals surface area contributed by atoms with E-state index in [1.54, 1.807) is 49.9 Å². The van der Waals surface area contributed by atoms with E-state index in [0.29, 0.717) is 29.1 Å². The molecule has 7 nitrogen and oxygen atoms in total. The van der Waals surface area contributed by atoms with Gasteiger partial charge in [-0.2, -0.15) is 0 Å². The molecule has 25 heavy (non-hydrogen) atoms. The molecule has 0 saturated heterocycles. The molecule has 136 valence electrons. The van der Waals surface area contributed by atoms with E-state index in [-0.39, 0.29) is 12.2 Å². The summed E-state index contributed by atoms with van der Waals surface area (Å²) in [4.78, 5) is 13.0. The number of benzene rings is 1. The van der Waals surface area contributed by atoms with E-state index in [2.05, 4.69) is 10.8 Å². The number of ether oxygens (including phenoxy) is 1. The molecule has 1 heterocycles. The second kappa shape index (κ2) is 10.2. The van der Waals surface area contributed by atoms with Crippen LogP contribution in [0, 0.1) is 6.92 Å². The lowest BCUT2D eigenvalue weighted by atomic mass is 10.1. The predicted octanol–water partition coefficient (Wildman–Crippen LogP) is 1.82. The van der Waals surface area contributed by atoms with Crippen LogP contribution < -0.4 is 26.9 Å². The first-order valence-corrected chi connectivity index (χ1v) is 7.24. The van der Waals surface area contributed by atoms with Crippen LogP contribution in [0.4, 0.5) is 14.5 Å². The number of nitrogens with one attached hydrogen (secondary N) is 1. The maximum Gasteiger partial charge on any atom is 0.264 e. The van der Waals surface area contributed by atoms with Crippen LogP contribution in [0.25, 0.3) is 0 Å². The van der Waals surface area contributed by atoms with Crippen LogP contribution in [0.2, 0.25) is 0 Å². The molecule has 1 amide bonds. The molecule has 0 aliphatic carbocycles. The molecule has 0 aliphatic heterocycles. The molecule has 2 rings (SSSR count). The Morgan fingerprint density at radius 3 is 2.56 bits per heavy atom. The van der Waals surface area contributed by atoms with Gasteiger partial charge in [0.25, 0.3) is 6.43 Å². The smallest absolute Gasteiger partial charge is 0.264 e. The maximum absolute atomic E-state index is 13.1. The lowest BCUT2D eigenvalue weighted by Crippen LogP contribution is -2.27. The van der Waals surface area contributed by atoms with Crippen LogP contribution in [-0.2, 0) is 11.4 Å². The summed E-state index contributed by atoms with van der Waals surface area (Å²) < 4.78 is 31.9. The molecular formula is C16H21F2N5O2. The molecular weight excluding hydrogens is 332 g/mol. The Balaban J connectivity index is 0.000000705. The molecule has 0 spiro atoms. The Hall–Kier alpha value is -2.78.